The van der Waals surface area contributed by atoms with Crippen LogP contribution in [0.5, 0.6) is 0 Å². The van der Waals surface area contributed by atoms with Crippen LogP contribution in [0.25, 0.3) is 0 Å². The van der Waals surface area contributed by atoms with E-state index in [1.807, 2.05) is 12.1 Å². The number of nitrogens with one attached hydrogen (secondary N) is 1. The fraction of sp³-hybridized carbons (Fsp3) is 0.182. The first-order valence-electron chi connectivity index (χ1n) is 5.43. The van der Waals surface area contributed by atoms with E-state index in [1.165, 1.54) is 18.3 Å². The van der Waals surface area contributed by atoms with Gasteiger partial charge in [0, 0.05) is 23.7 Å². The van der Waals surface area contributed by atoms with Crippen molar-refractivity contribution < 1.29 is 8.42 Å². The number of aromatic nitrogens is 1. The minimum atomic E-state index is -3.52. The number of thiophene rings is 1. The first-order valence-corrected chi connectivity index (χ1v) is 8.52. The standard InChI is InChI=1S/C11H12BrN3O2S2/c12-10-2-1-8(18-10)3-6-15-19(16,17)9-4-5-14-11(13)7-9/h1-2,4-5,7,15H,3,6H2,(H2,13,14). The summed E-state index contributed by atoms with van der Waals surface area (Å²) in [7, 11) is -3.52. The van der Waals surface area contributed by atoms with Crippen LogP contribution in [0.1, 0.15) is 4.88 Å². The molecule has 0 fully saturated rings. The minimum Gasteiger partial charge on any atom is -0.384 e. The molecule has 0 amide bonds. The van der Waals surface area contributed by atoms with E-state index in [2.05, 4.69) is 25.6 Å². The second-order valence-corrected chi connectivity index (χ2v) is 8.08. The monoisotopic (exact) mass is 361 g/mol. The molecule has 102 valence electrons. The van der Waals surface area contributed by atoms with Crippen LogP contribution in [0, 0.1) is 0 Å². The molecule has 0 spiro atoms. The maximum atomic E-state index is 12.0. The molecule has 2 aromatic heterocycles. The number of pyridine rings is 1. The summed E-state index contributed by atoms with van der Waals surface area (Å²) in [5, 5.41) is 0. The van der Waals surface area contributed by atoms with Crippen LogP contribution in [0.4, 0.5) is 5.82 Å². The number of nitrogens with zero attached hydrogens (tertiary/aromatic N) is 1. The Morgan fingerprint density at radius 1 is 1.37 bits per heavy atom. The van der Waals surface area contributed by atoms with Gasteiger partial charge in [-0.1, -0.05) is 0 Å². The van der Waals surface area contributed by atoms with E-state index in [0.717, 1.165) is 8.66 Å². The maximum Gasteiger partial charge on any atom is 0.240 e. The predicted octanol–water partition coefficient (Wildman–Crippen LogP) is 2.01. The fourth-order valence-electron chi connectivity index (χ4n) is 1.47. The van der Waals surface area contributed by atoms with E-state index in [1.54, 1.807) is 11.3 Å². The average Bonchev–Trinajstić information content (AvgIpc) is 2.75. The van der Waals surface area contributed by atoms with Crippen LogP contribution in [-0.4, -0.2) is 19.9 Å². The zero-order chi connectivity index (χ0) is 13.9. The van der Waals surface area contributed by atoms with Crippen molar-refractivity contribution in [3.8, 4) is 0 Å². The van der Waals surface area contributed by atoms with Gasteiger partial charge < -0.3 is 5.73 Å². The Labute approximate surface area is 124 Å². The fourth-order valence-corrected chi connectivity index (χ4v) is 4.01. The molecule has 8 heteroatoms. The van der Waals surface area contributed by atoms with E-state index >= 15 is 0 Å². The summed E-state index contributed by atoms with van der Waals surface area (Å²) < 4.78 is 27.5. The number of hydrogen-bond donors (Lipinski definition) is 2. The molecule has 0 saturated carbocycles. The predicted molar refractivity (Wildman–Crippen MR) is 79.6 cm³/mol. The molecule has 0 aliphatic rings. The highest BCUT2D eigenvalue weighted by atomic mass is 79.9. The first kappa shape index (κ1) is 14.4. The lowest BCUT2D eigenvalue weighted by molar-refractivity contribution is 0.581. The van der Waals surface area contributed by atoms with Crippen LogP contribution >= 0.6 is 27.3 Å². The largest absolute Gasteiger partial charge is 0.384 e. The lowest BCUT2D eigenvalue weighted by atomic mass is 10.3. The molecule has 19 heavy (non-hydrogen) atoms. The van der Waals surface area contributed by atoms with Gasteiger partial charge in [0.25, 0.3) is 0 Å². The topological polar surface area (TPSA) is 85.1 Å². The lowest BCUT2D eigenvalue weighted by Gasteiger charge is -2.06. The zero-order valence-corrected chi connectivity index (χ0v) is 13.1. The van der Waals surface area contributed by atoms with Crippen molar-refractivity contribution in [3.63, 3.8) is 0 Å². The average molecular weight is 362 g/mol. The Bertz CT molecular complexity index is 670. The molecule has 0 aliphatic carbocycles. The molecule has 5 nitrogen and oxygen atoms in total. The Balaban J connectivity index is 1.98. The minimum absolute atomic E-state index is 0.132. The highest BCUT2D eigenvalue weighted by Gasteiger charge is 2.13. The van der Waals surface area contributed by atoms with Gasteiger partial charge in [-0.05, 0) is 40.5 Å². The number of sulfonamides is 1. The van der Waals surface area contributed by atoms with Crippen molar-refractivity contribution >= 4 is 43.1 Å². The maximum absolute atomic E-state index is 12.0. The summed E-state index contributed by atoms with van der Waals surface area (Å²) in [5.41, 5.74) is 5.47. The second-order valence-electron chi connectivity index (χ2n) is 3.77. The van der Waals surface area contributed by atoms with E-state index in [9.17, 15) is 8.42 Å². The van der Waals surface area contributed by atoms with E-state index in [4.69, 9.17) is 5.73 Å². The number of anilines is 1. The zero-order valence-electron chi connectivity index (χ0n) is 9.84. The van der Waals surface area contributed by atoms with Crippen LogP contribution < -0.4 is 10.5 Å². The van der Waals surface area contributed by atoms with Crippen molar-refractivity contribution in [1.29, 1.82) is 0 Å². The number of rotatable bonds is 5. The van der Waals surface area contributed by atoms with Crippen molar-refractivity contribution in [2.75, 3.05) is 12.3 Å². The number of hydrogen-bond acceptors (Lipinski definition) is 5. The van der Waals surface area contributed by atoms with Gasteiger partial charge in [-0.25, -0.2) is 18.1 Å². The van der Waals surface area contributed by atoms with Gasteiger partial charge in [0.15, 0.2) is 0 Å². The van der Waals surface area contributed by atoms with Gasteiger partial charge in [0.1, 0.15) is 5.82 Å². The molecule has 0 saturated heterocycles. The molecule has 0 radical (unpaired) electrons. The van der Waals surface area contributed by atoms with Crippen molar-refractivity contribution in [1.82, 2.24) is 9.71 Å². The summed E-state index contributed by atoms with van der Waals surface area (Å²) in [5.74, 6) is 0.185. The number of nitrogen functional groups attached to an aromatic ring is 1. The third kappa shape index (κ3) is 4.00. The summed E-state index contributed by atoms with van der Waals surface area (Å²) in [6, 6.07) is 6.66. The Kier molecular flexibility index (Phi) is 4.56. The van der Waals surface area contributed by atoms with Crippen LogP contribution in [-0.2, 0) is 16.4 Å². The summed E-state index contributed by atoms with van der Waals surface area (Å²) in [6.07, 6.45) is 2.02. The summed E-state index contributed by atoms with van der Waals surface area (Å²) in [6.45, 7) is 0.345. The third-order valence-corrected chi connectivity index (χ3v) is 5.50. The number of nitrogens with two attached hydrogens (primary N) is 1. The van der Waals surface area contributed by atoms with Gasteiger partial charge in [-0.3, -0.25) is 0 Å². The van der Waals surface area contributed by atoms with Crippen LogP contribution in [0.15, 0.2) is 39.1 Å². The van der Waals surface area contributed by atoms with Crippen LogP contribution in [0.3, 0.4) is 0 Å². The Hall–Kier alpha value is -0.960. The van der Waals surface area contributed by atoms with Crippen molar-refractivity contribution in [3.05, 3.63) is 39.1 Å². The quantitative estimate of drug-likeness (QED) is 0.852. The van der Waals surface area contributed by atoms with E-state index in [0.29, 0.717) is 13.0 Å². The third-order valence-electron chi connectivity index (χ3n) is 2.36. The lowest BCUT2D eigenvalue weighted by Crippen LogP contribution is -2.26. The van der Waals surface area contributed by atoms with Crippen molar-refractivity contribution in [2.45, 2.75) is 11.3 Å². The molecule has 0 aromatic carbocycles. The molecule has 2 heterocycles. The first-order chi connectivity index (χ1) is 8.97. The molecular formula is C11H12BrN3O2S2. The Morgan fingerprint density at radius 2 is 2.16 bits per heavy atom. The molecule has 0 atom stereocenters. The summed E-state index contributed by atoms with van der Waals surface area (Å²) >= 11 is 4.96. The highest BCUT2D eigenvalue weighted by molar-refractivity contribution is 9.11. The highest BCUT2D eigenvalue weighted by Crippen LogP contribution is 2.22. The Morgan fingerprint density at radius 3 is 2.79 bits per heavy atom. The van der Waals surface area contributed by atoms with Crippen molar-refractivity contribution in [2.24, 2.45) is 0 Å². The molecule has 0 aliphatic heterocycles. The smallest absolute Gasteiger partial charge is 0.240 e. The molecule has 0 bridgehead atoms. The summed E-state index contributed by atoms with van der Waals surface area (Å²) in [4.78, 5) is 5.01. The molecule has 2 aromatic rings. The SMILES string of the molecule is Nc1cc(S(=O)(=O)NCCc2ccc(Br)s2)ccn1. The van der Waals surface area contributed by atoms with Gasteiger partial charge >= 0.3 is 0 Å². The van der Waals surface area contributed by atoms with Gasteiger partial charge in [0.2, 0.25) is 10.0 Å². The second kappa shape index (κ2) is 6.00. The van der Waals surface area contributed by atoms with Gasteiger partial charge in [0.05, 0.1) is 8.68 Å². The molecular weight excluding hydrogens is 350 g/mol. The van der Waals surface area contributed by atoms with Gasteiger partial charge in [-0.2, -0.15) is 0 Å². The number of halogens is 1. The molecule has 3 N–H and O–H groups in total. The molecule has 2 rings (SSSR count). The normalized spacial score (nSPS) is 11.6. The van der Waals surface area contributed by atoms with Gasteiger partial charge in [-0.15, -0.1) is 11.3 Å². The van der Waals surface area contributed by atoms with E-state index in [-0.39, 0.29) is 10.7 Å². The molecule has 0 unspecified atom stereocenters. The van der Waals surface area contributed by atoms with E-state index < -0.39 is 10.0 Å². The van der Waals surface area contributed by atoms with Crippen LogP contribution in [0.2, 0.25) is 0 Å².